The van der Waals surface area contributed by atoms with Crippen molar-refractivity contribution in [1.82, 2.24) is 0 Å². The van der Waals surface area contributed by atoms with Gasteiger partial charge in [-0.25, -0.2) is 0 Å². The van der Waals surface area contributed by atoms with Gasteiger partial charge in [0.05, 0.1) is 0 Å². The second kappa shape index (κ2) is 3.96. The average Bonchev–Trinajstić information content (AvgIpc) is 2.05. The van der Waals surface area contributed by atoms with Crippen molar-refractivity contribution in [3.8, 4) is 0 Å². The molecule has 0 unspecified atom stereocenters. The minimum absolute atomic E-state index is 0.0421. The highest BCUT2D eigenvalue weighted by Crippen LogP contribution is 2.18. The maximum atomic E-state index is 5.67. The van der Waals surface area contributed by atoms with Gasteiger partial charge in [0.15, 0.2) is 4.84 Å². The Balaban J connectivity index is 2.77. The van der Waals surface area contributed by atoms with Crippen molar-refractivity contribution in [3.63, 3.8) is 0 Å². The summed E-state index contributed by atoms with van der Waals surface area (Å²) in [5.41, 5.74) is 4.92. The van der Waals surface area contributed by atoms with Crippen LogP contribution in [0, 0.1) is 0 Å². The largest absolute Gasteiger partial charge is 0.349 e. The van der Waals surface area contributed by atoms with E-state index in [-0.39, 0.29) is 6.04 Å². The fourth-order valence-electron chi connectivity index (χ4n) is 0.846. The highest BCUT2D eigenvalue weighted by Gasteiger charge is 2.16. The molecule has 0 aromatic heterocycles. The molecule has 0 saturated heterocycles. The van der Waals surface area contributed by atoms with E-state index in [1.807, 2.05) is 30.3 Å². The number of quaternary nitrogens is 1. The van der Waals surface area contributed by atoms with E-state index in [9.17, 15) is 0 Å². The SMILES string of the molecule is [NH3+][C@H](c1ccccc1)C(Cl)Cl. The number of hydrogen-bond acceptors (Lipinski definition) is 0. The summed E-state index contributed by atoms with van der Waals surface area (Å²) in [5.74, 6) is 0. The third-order valence-electron chi connectivity index (χ3n) is 1.53. The van der Waals surface area contributed by atoms with Crippen molar-refractivity contribution >= 4 is 23.2 Å². The summed E-state index contributed by atoms with van der Waals surface area (Å²) in [6.07, 6.45) is 0. The van der Waals surface area contributed by atoms with E-state index < -0.39 is 4.84 Å². The normalized spacial score (nSPS) is 13.5. The van der Waals surface area contributed by atoms with Crippen LogP contribution in [0.15, 0.2) is 30.3 Å². The van der Waals surface area contributed by atoms with Gasteiger partial charge in [0.2, 0.25) is 0 Å². The van der Waals surface area contributed by atoms with Gasteiger partial charge in [-0.3, -0.25) is 0 Å². The molecule has 0 bridgehead atoms. The van der Waals surface area contributed by atoms with Crippen molar-refractivity contribution in [2.45, 2.75) is 10.9 Å². The van der Waals surface area contributed by atoms with Gasteiger partial charge in [-0.2, -0.15) is 0 Å². The zero-order valence-corrected chi connectivity index (χ0v) is 7.52. The second-order valence-corrected chi connectivity index (χ2v) is 3.52. The van der Waals surface area contributed by atoms with Crippen LogP contribution in [0.25, 0.3) is 0 Å². The lowest BCUT2D eigenvalue weighted by Crippen LogP contribution is -2.56. The molecule has 0 aliphatic rings. The summed E-state index contributed by atoms with van der Waals surface area (Å²) < 4.78 is 0. The lowest BCUT2D eigenvalue weighted by molar-refractivity contribution is -0.422. The van der Waals surface area contributed by atoms with Crippen LogP contribution in [0.1, 0.15) is 11.6 Å². The summed E-state index contributed by atoms with van der Waals surface area (Å²) in [7, 11) is 0. The maximum absolute atomic E-state index is 5.67. The molecule has 0 saturated carbocycles. The number of alkyl halides is 2. The molecular weight excluding hydrogens is 181 g/mol. The molecule has 0 spiro atoms. The third kappa shape index (κ3) is 2.37. The van der Waals surface area contributed by atoms with Gasteiger partial charge < -0.3 is 5.73 Å². The summed E-state index contributed by atoms with van der Waals surface area (Å²) in [6, 6.07) is 9.74. The summed E-state index contributed by atoms with van der Waals surface area (Å²) in [6.45, 7) is 0. The Hall–Kier alpha value is -0.240. The zero-order chi connectivity index (χ0) is 8.27. The van der Waals surface area contributed by atoms with E-state index in [1.165, 1.54) is 0 Å². The van der Waals surface area contributed by atoms with Crippen molar-refractivity contribution in [2.75, 3.05) is 0 Å². The summed E-state index contributed by atoms with van der Waals surface area (Å²) >= 11 is 11.3. The van der Waals surface area contributed by atoms with Crippen molar-refractivity contribution in [1.29, 1.82) is 0 Å². The predicted molar refractivity (Wildman–Crippen MR) is 47.6 cm³/mol. The standard InChI is InChI=1S/C8H9Cl2N/c9-8(10)7(11)6-4-2-1-3-5-6/h1-5,7-8H,11H2/p+1/t7-/m1/s1. The lowest BCUT2D eigenvalue weighted by Gasteiger charge is -2.07. The van der Waals surface area contributed by atoms with Gasteiger partial charge in [-0.05, 0) is 0 Å². The fourth-order valence-corrected chi connectivity index (χ4v) is 1.14. The van der Waals surface area contributed by atoms with Crippen molar-refractivity contribution < 1.29 is 5.73 Å². The molecule has 1 rings (SSSR count). The quantitative estimate of drug-likeness (QED) is 0.690. The first-order valence-corrected chi connectivity index (χ1v) is 4.25. The average molecular weight is 191 g/mol. The second-order valence-electron chi connectivity index (χ2n) is 2.35. The van der Waals surface area contributed by atoms with Gasteiger partial charge in [-0.15, -0.1) is 0 Å². The highest BCUT2D eigenvalue weighted by atomic mass is 35.5. The Morgan fingerprint density at radius 3 is 2.09 bits per heavy atom. The van der Waals surface area contributed by atoms with Crippen molar-refractivity contribution in [2.24, 2.45) is 0 Å². The Labute approximate surface area is 76.1 Å². The monoisotopic (exact) mass is 190 g/mol. The van der Waals surface area contributed by atoms with Crippen LogP contribution in [0.4, 0.5) is 0 Å². The van der Waals surface area contributed by atoms with E-state index in [0.717, 1.165) is 5.56 Å². The van der Waals surface area contributed by atoms with Crippen LogP contribution >= 0.6 is 23.2 Å². The van der Waals surface area contributed by atoms with Crippen LogP contribution in [0.5, 0.6) is 0 Å². The molecule has 60 valence electrons. The van der Waals surface area contributed by atoms with Gasteiger partial charge in [0, 0.05) is 5.56 Å². The van der Waals surface area contributed by atoms with Gasteiger partial charge >= 0.3 is 0 Å². The minimum Gasteiger partial charge on any atom is -0.349 e. The molecule has 1 aromatic rings. The number of benzene rings is 1. The Morgan fingerprint density at radius 2 is 1.64 bits per heavy atom. The number of rotatable bonds is 2. The molecule has 0 radical (unpaired) electrons. The predicted octanol–water partition coefficient (Wildman–Crippen LogP) is 1.77. The molecular formula is C8H10Cl2N+. The van der Waals surface area contributed by atoms with E-state index in [1.54, 1.807) is 0 Å². The molecule has 0 amide bonds. The lowest BCUT2D eigenvalue weighted by atomic mass is 10.1. The highest BCUT2D eigenvalue weighted by molar-refractivity contribution is 6.44. The molecule has 0 heterocycles. The van der Waals surface area contributed by atoms with E-state index in [0.29, 0.717) is 0 Å². The molecule has 0 aliphatic carbocycles. The van der Waals surface area contributed by atoms with Crippen LogP contribution in [0.3, 0.4) is 0 Å². The zero-order valence-electron chi connectivity index (χ0n) is 6.00. The van der Waals surface area contributed by atoms with E-state index in [2.05, 4.69) is 5.73 Å². The summed E-state index contributed by atoms with van der Waals surface area (Å²) in [5, 5.41) is 0. The van der Waals surface area contributed by atoms with Gasteiger partial charge in [0.1, 0.15) is 6.04 Å². The van der Waals surface area contributed by atoms with Crippen molar-refractivity contribution in [3.05, 3.63) is 35.9 Å². The first-order valence-electron chi connectivity index (χ1n) is 3.38. The molecule has 1 aromatic carbocycles. The fraction of sp³-hybridized carbons (Fsp3) is 0.250. The summed E-state index contributed by atoms with van der Waals surface area (Å²) in [4.78, 5) is -0.433. The third-order valence-corrected chi connectivity index (χ3v) is 2.14. The molecule has 0 fully saturated rings. The van der Waals surface area contributed by atoms with Crippen LogP contribution < -0.4 is 5.73 Å². The molecule has 1 atom stereocenters. The van der Waals surface area contributed by atoms with Crippen LogP contribution in [0.2, 0.25) is 0 Å². The molecule has 3 N–H and O–H groups in total. The van der Waals surface area contributed by atoms with Crippen LogP contribution in [-0.2, 0) is 0 Å². The molecule has 1 nitrogen and oxygen atoms in total. The minimum atomic E-state index is -0.433. The Morgan fingerprint density at radius 1 is 1.09 bits per heavy atom. The van der Waals surface area contributed by atoms with E-state index >= 15 is 0 Å². The molecule has 11 heavy (non-hydrogen) atoms. The molecule has 3 heteroatoms. The Kier molecular flexibility index (Phi) is 3.18. The van der Waals surface area contributed by atoms with Crippen LogP contribution in [-0.4, -0.2) is 4.84 Å². The smallest absolute Gasteiger partial charge is 0.163 e. The first kappa shape index (κ1) is 8.85. The van der Waals surface area contributed by atoms with E-state index in [4.69, 9.17) is 23.2 Å². The van der Waals surface area contributed by atoms with Gasteiger partial charge in [0.25, 0.3) is 0 Å². The van der Waals surface area contributed by atoms with Gasteiger partial charge in [-0.1, -0.05) is 53.5 Å². The molecule has 0 aliphatic heterocycles. The Bertz CT molecular complexity index is 211. The number of halogens is 2. The topological polar surface area (TPSA) is 27.6 Å². The number of hydrogen-bond donors (Lipinski definition) is 1. The maximum Gasteiger partial charge on any atom is 0.163 e. The first-order chi connectivity index (χ1) is 5.22.